The standard InChI is InChI=1S/C13H9ClFN3/c1-18(11-5-3-2-4-10(11)15)13-7-9(8-16)6-12(14)17-13/h2-7H,1H3. The maximum atomic E-state index is 13.6. The van der Waals surface area contributed by atoms with Crippen LogP contribution in [-0.4, -0.2) is 12.0 Å². The highest BCUT2D eigenvalue weighted by Gasteiger charge is 2.11. The van der Waals surface area contributed by atoms with Crippen LogP contribution >= 0.6 is 11.6 Å². The second-order valence-corrected chi connectivity index (χ2v) is 4.05. The van der Waals surface area contributed by atoms with E-state index in [1.54, 1.807) is 36.2 Å². The van der Waals surface area contributed by atoms with Crippen molar-refractivity contribution >= 4 is 23.1 Å². The quantitative estimate of drug-likeness (QED) is 0.777. The van der Waals surface area contributed by atoms with E-state index in [0.717, 1.165) is 0 Å². The van der Waals surface area contributed by atoms with Gasteiger partial charge in [-0.1, -0.05) is 23.7 Å². The number of hydrogen-bond donors (Lipinski definition) is 0. The van der Waals surface area contributed by atoms with Crippen molar-refractivity contribution < 1.29 is 4.39 Å². The zero-order chi connectivity index (χ0) is 13.1. The number of halogens is 2. The molecule has 0 saturated carbocycles. The van der Waals surface area contributed by atoms with Crippen LogP contribution < -0.4 is 4.90 Å². The second-order valence-electron chi connectivity index (χ2n) is 3.66. The van der Waals surface area contributed by atoms with Gasteiger partial charge in [-0.3, -0.25) is 0 Å². The molecule has 1 heterocycles. The monoisotopic (exact) mass is 261 g/mol. The molecule has 0 radical (unpaired) electrons. The first kappa shape index (κ1) is 12.3. The van der Waals surface area contributed by atoms with Crippen LogP contribution in [0.2, 0.25) is 5.15 Å². The molecule has 18 heavy (non-hydrogen) atoms. The number of anilines is 2. The molecule has 0 aliphatic carbocycles. The van der Waals surface area contributed by atoms with Gasteiger partial charge in [0.2, 0.25) is 0 Å². The number of aromatic nitrogens is 1. The Kier molecular flexibility index (Phi) is 3.45. The molecule has 0 aliphatic heterocycles. The summed E-state index contributed by atoms with van der Waals surface area (Å²) in [5.41, 5.74) is 0.754. The van der Waals surface area contributed by atoms with Crippen molar-refractivity contribution in [3.05, 3.63) is 52.9 Å². The van der Waals surface area contributed by atoms with E-state index in [1.807, 2.05) is 6.07 Å². The minimum atomic E-state index is -0.361. The molecule has 0 spiro atoms. The molecular weight excluding hydrogens is 253 g/mol. The Morgan fingerprint density at radius 1 is 1.33 bits per heavy atom. The van der Waals surface area contributed by atoms with E-state index in [2.05, 4.69) is 4.98 Å². The van der Waals surface area contributed by atoms with Crippen LogP contribution in [0.1, 0.15) is 5.56 Å². The number of para-hydroxylation sites is 1. The van der Waals surface area contributed by atoms with Gasteiger partial charge in [0.25, 0.3) is 0 Å². The molecule has 0 aliphatic rings. The van der Waals surface area contributed by atoms with E-state index in [-0.39, 0.29) is 11.0 Å². The summed E-state index contributed by atoms with van der Waals surface area (Å²) in [7, 11) is 1.66. The van der Waals surface area contributed by atoms with Gasteiger partial charge in [0.15, 0.2) is 0 Å². The molecule has 0 saturated heterocycles. The smallest absolute Gasteiger partial charge is 0.146 e. The Balaban J connectivity index is 2.47. The summed E-state index contributed by atoms with van der Waals surface area (Å²) < 4.78 is 13.6. The summed E-state index contributed by atoms with van der Waals surface area (Å²) in [6, 6.07) is 11.3. The first-order chi connectivity index (χ1) is 8.61. The molecule has 2 rings (SSSR count). The number of rotatable bonds is 2. The molecule has 90 valence electrons. The molecule has 0 fully saturated rings. The van der Waals surface area contributed by atoms with Gasteiger partial charge >= 0.3 is 0 Å². The number of benzene rings is 1. The minimum Gasteiger partial charge on any atom is -0.327 e. The van der Waals surface area contributed by atoms with E-state index in [0.29, 0.717) is 17.1 Å². The van der Waals surface area contributed by atoms with Gasteiger partial charge in [0.05, 0.1) is 17.3 Å². The highest BCUT2D eigenvalue weighted by Crippen LogP contribution is 2.26. The van der Waals surface area contributed by atoms with Gasteiger partial charge in [0, 0.05) is 7.05 Å². The van der Waals surface area contributed by atoms with Gasteiger partial charge < -0.3 is 4.90 Å². The number of pyridine rings is 1. The van der Waals surface area contributed by atoms with Crippen molar-refractivity contribution in [2.45, 2.75) is 0 Å². The number of hydrogen-bond acceptors (Lipinski definition) is 3. The van der Waals surface area contributed by atoms with Crippen LogP contribution in [-0.2, 0) is 0 Å². The maximum absolute atomic E-state index is 13.6. The Bertz CT molecular complexity index is 622. The molecule has 3 nitrogen and oxygen atoms in total. The van der Waals surface area contributed by atoms with Crippen LogP contribution in [0.3, 0.4) is 0 Å². The first-order valence-corrected chi connectivity index (χ1v) is 5.55. The summed E-state index contributed by atoms with van der Waals surface area (Å²) in [6.07, 6.45) is 0. The lowest BCUT2D eigenvalue weighted by molar-refractivity contribution is 0.627. The molecule has 0 N–H and O–H groups in total. The average Bonchev–Trinajstić information content (AvgIpc) is 2.37. The third kappa shape index (κ3) is 2.41. The van der Waals surface area contributed by atoms with Crippen LogP contribution in [0.25, 0.3) is 0 Å². The molecule has 2 aromatic rings. The van der Waals surface area contributed by atoms with Crippen molar-refractivity contribution in [2.24, 2.45) is 0 Å². The normalized spacial score (nSPS) is 9.89. The zero-order valence-electron chi connectivity index (χ0n) is 9.56. The van der Waals surface area contributed by atoms with Crippen LogP contribution in [0.15, 0.2) is 36.4 Å². The van der Waals surface area contributed by atoms with Crippen molar-refractivity contribution in [1.82, 2.24) is 4.98 Å². The third-order valence-electron chi connectivity index (χ3n) is 2.47. The summed E-state index contributed by atoms with van der Waals surface area (Å²) >= 11 is 5.82. The van der Waals surface area contributed by atoms with E-state index >= 15 is 0 Å². The van der Waals surface area contributed by atoms with Crippen LogP contribution in [0.4, 0.5) is 15.9 Å². The van der Waals surface area contributed by atoms with Gasteiger partial charge in [0.1, 0.15) is 16.8 Å². The number of nitrogens with zero attached hydrogens (tertiary/aromatic N) is 3. The highest BCUT2D eigenvalue weighted by atomic mass is 35.5. The van der Waals surface area contributed by atoms with Crippen molar-refractivity contribution in [3.8, 4) is 6.07 Å². The molecule has 5 heteroatoms. The van der Waals surface area contributed by atoms with Crippen LogP contribution in [0, 0.1) is 17.1 Å². The zero-order valence-corrected chi connectivity index (χ0v) is 10.3. The van der Waals surface area contributed by atoms with Gasteiger partial charge in [-0.2, -0.15) is 5.26 Å². The third-order valence-corrected chi connectivity index (χ3v) is 2.66. The molecule has 0 atom stereocenters. The highest BCUT2D eigenvalue weighted by molar-refractivity contribution is 6.29. The molecule has 0 unspecified atom stereocenters. The topological polar surface area (TPSA) is 39.9 Å². The molecule has 1 aromatic heterocycles. The Labute approximate surface area is 109 Å². The summed E-state index contributed by atoms with van der Waals surface area (Å²) in [4.78, 5) is 5.62. The van der Waals surface area contributed by atoms with E-state index in [1.165, 1.54) is 12.1 Å². The Hall–Kier alpha value is -2.12. The van der Waals surface area contributed by atoms with Gasteiger partial charge in [-0.05, 0) is 24.3 Å². The second kappa shape index (κ2) is 5.03. The van der Waals surface area contributed by atoms with Crippen molar-refractivity contribution in [1.29, 1.82) is 5.26 Å². The first-order valence-electron chi connectivity index (χ1n) is 5.18. The SMILES string of the molecule is CN(c1cc(C#N)cc(Cl)n1)c1ccccc1F. The molecule has 0 bridgehead atoms. The van der Waals surface area contributed by atoms with Crippen LogP contribution in [0.5, 0.6) is 0 Å². The maximum Gasteiger partial charge on any atom is 0.146 e. The lowest BCUT2D eigenvalue weighted by Gasteiger charge is -2.19. The van der Waals surface area contributed by atoms with Crippen molar-refractivity contribution in [2.75, 3.05) is 11.9 Å². The Morgan fingerprint density at radius 3 is 2.72 bits per heavy atom. The average molecular weight is 262 g/mol. The molecule has 0 amide bonds. The summed E-state index contributed by atoms with van der Waals surface area (Å²) in [5.74, 6) is 0.0597. The van der Waals surface area contributed by atoms with E-state index < -0.39 is 0 Å². The molecule has 1 aromatic carbocycles. The largest absolute Gasteiger partial charge is 0.327 e. The molecular formula is C13H9ClFN3. The van der Waals surface area contributed by atoms with E-state index in [4.69, 9.17) is 16.9 Å². The van der Waals surface area contributed by atoms with Crippen molar-refractivity contribution in [3.63, 3.8) is 0 Å². The fourth-order valence-corrected chi connectivity index (χ4v) is 1.77. The fourth-order valence-electron chi connectivity index (χ4n) is 1.57. The Morgan fingerprint density at radius 2 is 2.06 bits per heavy atom. The lowest BCUT2D eigenvalue weighted by Crippen LogP contribution is -2.13. The predicted octanol–water partition coefficient (Wildman–Crippen LogP) is 3.51. The van der Waals surface area contributed by atoms with Gasteiger partial charge in [-0.15, -0.1) is 0 Å². The minimum absolute atomic E-state index is 0.201. The number of nitriles is 1. The van der Waals surface area contributed by atoms with E-state index in [9.17, 15) is 4.39 Å². The van der Waals surface area contributed by atoms with Gasteiger partial charge in [-0.25, -0.2) is 9.37 Å². The summed E-state index contributed by atoms with van der Waals surface area (Å²) in [5, 5.41) is 9.07. The lowest BCUT2D eigenvalue weighted by atomic mass is 10.2. The predicted molar refractivity (Wildman–Crippen MR) is 68.4 cm³/mol. The summed E-state index contributed by atoms with van der Waals surface area (Å²) in [6.45, 7) is 0. The fraction of sp³-hybridized carbons (Fsp3) is 0.0769.